The van der Waals surface area contributed by atoms with E-state index >= 15 is 0 Å². The van der Waals surface area contributed by atoms with Gasteiger partial charge in [0.25, 0.3) is 0 Å². The van der Waals surface area contributed by atoms with Crippen molar-refractivity contribution in [2.45, 2.75) is 19.1 Å². The van der Waals surface area contributed by atoms with Crippen LogP contribution in [-0.2, 0) is 5.75 Å². The molecule has 1 aromatic carbocycles. The fourth-order valence-corrected chi connectivity index (χ4v) is 3.66. The zero-order valence-electron chi connectivity index (χ0n) is 11.7. The molecule has 0 spiro atoms. The van der Waals surface area contributed by atoms with Gasteiger partial charge in [0.15, 0.2) is 0 Å². The summed E-state index contributed by atoms with van der Waals surface area (Å²) in [6.45, 7) is 1.95. The topological polar surface area (TPSA) is 70.4 Å². The Hall–Kier alpha value is -1.37. The number of rotatable bonds is 7. The van der Waals surface area contributed by atoms with Gasteiger partial charge in [-0.15, -0.1) is 11.3 Å². The molecule has 0 aliphatic carbocycles. The van der Waals surface area contributed by atoms with Gasteiger partial charge in [-0.3, -0.25) is 0 Å². The molecule has 0 atom stereocenters. The first-order chi connectivity index (χ1) is 10.1. The van der Waals surface area contributed by atoms with Crippen LogP contribution in [0.15, 0.2) is 24.3 Å². The molecule has 2 N–H and O–H groups in total. The molecule has 0 aliphatic rings. The lowest BCUT2D eigenvalue weighted by molar-refractivity contribution is 0.0701. The lowest BCUT2D eigenvalue weighted by Gasteiger charge is -2.03. The van der Waals surface area contributed by atoms with Crippen molar-refractivity contribution in [2.75, 3.05) is 12.4 Å². The van der Waals surface area contributed by atoms with E-state index in [2.05, 4.69) is 11.1 Å². The first-order valence-corrected chi connectivity index (χ1v) is 8.57. The summed E-state index contributed by atoms with van der Waals surface area (Å²) in [6, 6.07) is 8.02. The second-order valence-electron chi connectivity index (χ2n) is 4.57. The van der Waals surface area contributed by atoms with Crippen molar-refractivity contribution in [1.82, 2.24) is 4.98 Å². The highest BCUT2D eigenvalue weighted by Crippen LogP contribution is 2.29. The highest BCUT2D eigenvalue weighted by atomic mass is 32.2. The van der Waals surface area contributed by atoms with Crippen LogP contribution in [0.1, 0.15) is 27.3 Å². The number of benzene rings is 1. The van der Waals surface area contributed by atoms with E-state index in [4.69, 9.17) is 10.2 Å². The Labute approximate surface area is 131 Å². The Morgan fingerprint density at radius 3 is 2.90 bits per heavy atom. The van der Waals surface area contributed by atoms with Crippen LogP contribution in [0.5, 0.6) is 0 Å². The van der Waals surface area contributed by atoms with Gasteiger partial charge in [-0.2, -0.15) is 11.8 Å². The van der Waals surface area contributed by atoms with E-state index in [-0.39, 0.29) is 6.61 Å². The number of carboxylic acid groups (broad SMARTS) is 1. The fraction of sp³-hybridized carbons (Fsp3) is 0.333. The molecule has 1 heterocycles. The Kier molecular flexibility index (Phi) is 5.78. The number of thioether (sulfide) groups is 1. The Morgan fingerprint density at radius 2 is 2.24 bits per heavy atom. The van der Waals surface area contributed by atoms with Crippen molar-refractivity contribution in [3.05, 3.63) is 40.4 Å². The van der Waals surface area contributed by atoms with E-state index in [1.165, 1.54) is 16.9 Å². The summed E-state index contributed by atoms with van der Waals surface area (Å²) >= 11 is 2.99. The molecule has 0 saturated carbocycles. The fourth-order valence-electron chi connectivity index (χ4n) is 1.87. The minimum Gasteiger partial charge on any atom is -0.477 e. The Morgan fingerprint density at radius 1 is 1.43 bits per heavy atom. The van der Waals surface area contributed by atoms with Gasteiger partial charge in [0.05, 0.1) is 5.69 Å². The number of thiazole rings is 1. The van der Waals surface area contributed by atoms with Gasteiger partial charge >= 0.3 is 5.97 Å². The average molecular weight is 323 g/mol. The van der Waals surface area contributed by atoms with E-state index in [1.54, 1.807) is 18.7 Å². The molecule has 0 radical (unpaired) electrons. The molecule has 0 unspecified atom stereocenters. The van der Waals surface area contributed by atoms with Crippen LogP contribution in [0.4, 0.5) is 0 Å². The van der Waals surface area contributed by atoms with Gasteiger partial charge < -0.3 is 10.2 Å². The molecule has 2 rings (SSSR count). The molecule has 21 heavy (non-hydrogen) atoms. The number of carboxylic acids is 1. The molecule has 6 heteroatoms. The van der Waals surface area contributed by atoms with Gasteiger partial charge in [0.1, 0.15) is 9.88 Å². The number of hydrogen-bond acceptors (Lipinski definition) is 5. The van der Waals surface area contributed by atoms with E-state index in [9.17, 15) is 4.79 Å². The second kappa shape index (κ2) is 7.59. The van der Waals surface area contributed by atoms with E-state index in [0.29, 0.717) is 10.6 Å². The van der Waals surface area contributed by atoms with E-state index in [0.717, 1.165) is 28.5 Å². The third kappa shape index (κ3) is 4.30. The SMILES string of the molecule is Cc1nc(-c2cccc(CSCCCO)c2)sc1C(=O)O. The maximum Gasteiger partial charge on any atom is 0.347 e. The van der Waals surface area contributed by atoms with Crippen molar-refractivity contribution >= 4 is 29.1 Å². The minimum absolute atomic E-state index is 0.226. The van der Waals surface area contributed by atoms with Crippen molar-refractivity contribution in [1.29, 1.82) is 0 Å². The van der Waals surface area contributed by atoms with Crippen LogP contribution in [0.25, 0.3) is 10.6 Å². The molecule has 1 aromatic heterocycles. The van der Waals surface area contributed by atoms with Crippen molar-refractivity contribution in [3.8, 4) is 10.6 Å². The summed E-state index contributed by atoms with van der Waals surface area (Å²) in [5.74, 6) is 0.886. The number of aliphatic hydroxyl groups is 1. The standard InChI is InChI=1S/C15H17NO3S2/c1-10-13(15(18)19)21-14(16-10)12-5-2-4-11(8-12)9-20-7-3-6-17/h2,4-5,8,17H,3,6-7,9H2,1H3,(H,18,19). The van der Waals surface area contributed by atoms with Gasteiger partial charge in [0.2, 0.25) is 0 Å². The number of aromatic carboxylic acids is 1. The summed E-state index contributed by atoms with van der Waals surface area (Å²) < 4.78 is 0. The molecular formula is C15H17NO3S2. The predicted octanol–water partition coefficient (Wildman–Crippen LogP) is 3.43. The van der Waals surface area contributed by atoms with Crippen molar-refractivity contribution in [3.63, 3.8) is 0 Å². The second-order valence-corrected chi connectivity index (χ2v) is 6.67. The smallest absolute Gasteiger partial charge is 0.347 e. The van der Waals surface area contributed by atoms with Crippen LogP contribution >= 0.6 is 23.1 Å². The van der Waals surface area contributed by atoms with Crippen LogP contribution in [0.3, 0.4) is 0 Å². The Balaban J connectivity index is 2.13. The Bertz CT molecular complexity index is 625. The maximum absolute atomic E-state index is 11.1. The first kappa shape index (κ1) is 16.0. The minimum atomic E-state index is -0.924. The van der Waals surface area contributed by atoms with Gasteiger partial charge in [-0.1, -0.05) is 18.2 Å². The first-order valence-electron chi connectivity index (χ1n) is 6.60. The maximum atomic E-state index is 11.1. The molecule has 0 saturated heterocycles. The highest BCUT2D eigenvalue weighted by molar-refractivity contribution is 7.98. The number of aromatic nitrogens is 1. The predicted molar refractivity (Wildman–Crippen MR) is 87.1 cm³/mol. The lowest BCUT2D eigenvalue weighted by Crippen LogP contribution is -1.94. The molecule has 0 fully saturated rings. The number of nitrogens with zero attached hydrogens (tertiary/aromatic N) is 1. The molecule has 0 bridgehead atoms. The number of aryl methyl sites for hydroxylation is 1. The quantitative estimate of drug-likeness (QED) is 0.764. The van der Waals surface area contributed by atoms with Crippen molar-refractivity contribution < 1.29 is 15.0 Å². The summed E-state index contributed by atoms with van der Waals surface area (Å²) in [5.41, 5.74) is 2.70. The van der Waals surface area contributed by atoms with E-state index < -0.39 is 5.97 Å². The van der Waals surface area contributed by atoms with Crippen LogP contribution < -0.4 is 0 Å². The summed E-state index contributed by atoms with van der Waals surface area (Å²) in [6.07, 6.45) is 0.804. The molecule has 0 aliphatic heterocycles. The van der Waals surface area contributed by atoms with Gasteiger partial charge in [-0.25, -0.2) is 9.78 Å². The van der Waals surface area contributed by atoms with Gasteiger partial charge in [-0.05, 0) is 30.7 Å². The van der Waals surface area contributed by atoms with Gasteiger partial charge in [0, 0.05) is 17.9 Å². The highest BCUT2D eigenvalue weighted by Gasteiger charge is 2.15. The molecule has 2 aromatic rings. The third-order valence-electron chi connectivity index (χ3n) is 2.88. The number of carbonyl (C=O) groups is 1. The molecule has 0 amide bonds. The zero-order chi connectivity index (χ0) is 15.2. The zero-order valence-corrected chi connectivity index (χ0v) is 13.3. The lowest BCUT2D eigenvalue weighted by atomic mass is 10.1. The van der Waals surface area contributed by atoms with Crippen LogP contribution in [0, 0.1) is 6.92 Å². The number of hydrogen-bond donors (Lipinski definition) is 2. The van der Waals surface area contributed by atoms with Crippen molar-refractivity contribution in [2.24, 2.45) is 0 Å². The largest absolute Gasteiger partial charge is 0.477 e. The average Bonchev–Trinajstić information content (AvgIpc) is 2.86. The summed E-state index contributed by atoms with van der Waals surface area (Å²) in [5, 5.41) is 18.6. The molecule has 112 valence electrons. The summed E-state index contributed by atoms with van der Waals surface area (Å²) in [7, 11) is 0. The summed E-state index contributed by atoms with van der Waals surface area (Å²) in [4.78, 5) is 15.7. The normalized spacial score (nSPS) is 10.8. The van der Waals surface area contributed by atoms with E-state index in [1.807, 2.05) is 18.2 Å². The van der Waals surface area contributed by atoms with Crippen LogP contribution in [-0.4, -0.2) is 33.5 Å². The molecular weight excluding hydrogens is 306 g/mol. The third-order valence-corrected chi connectivity index (χ3v) is 5.19. The monoisotopic (exact) mass is 323 g/mol. The van der Waals surface area contributed by atoms with Crippen LogP contribution in [0.2, 0.25) is 0 Å². The number of aliphatic hydroxyl groups excluding tert-OH is 1. The molecule has 4 nitrogen and oxygen atoms in total.